The zero-order valence-electron chi connectivity index (χ0n) is 26.2. The molecule has 1 N–H and O–H groups in total. The van der Waals surface area contributed by atoms with Gasteiger partial charge in [0.15, 0.2) is 0 Å². The third-order valence-electron chi connectivity index (χ3n) is 8.38. The van der Waals surface area contributed by atoms with Gasteiger partial charge >= 0.3 is 0 Å². The number of β-amino-alcohol motifs (C(OH)–C–C–N with tert-alkyl or cyclic N) is 1. The lowest BCUT2D eigenvalue weighted by Crippen LogP contribution is -2.47. The number of aliphatic imine (C=N–C) groups is 1. The van der Waals surface area contributed by atoms with Gasteiger partial charge in [-0.25, -0.2) is 4.98 Å². The number of hydrogen-bond acceptors (Lipinski definition) is 6. The van der Waals surface area contributed by atoms with Gasteiger partial charge in [0, 0.05) is 52.0 Å². The van der Waals surface area contributed by atoms with Crippen molar-refractivity contribution in [2.45, 2.75) is 66.7 Å². The van der Waals surface area contributed by atoms with Crippen LogP contribution in [0.2, 0.25) is 0 Å². The molecule has 2 fully saturated rings. The molecule has 224 valence electrons. The first-order valence-corrected chi connectivity index (χ1v) is 15.3. The minimum atomic E-state index is -0.117. The highest BCUT2D eigenvalue weighted by atomic mass is 16.3. The molecule has 2 aromatic heterocycles. The molecule has 1 atom stereocenters. The number of rotatable bonds is 11. The van der Waals surface area contributed by atoms with Crippen molar-refractivity contribution in [1.82, 2.24) is 14.3 Å². The van der Waals surface area contributed by atoms with E-state index >= 15 is 0 Å². The second-order valence-electron chi connectivity index (χ2n) is 11.4. The van der Waals surface area contributed by atoms with Gasteiger partial charge in [0.1, 0.15) is 5.65 Å². The first kappa shape index (κ1) is 32.5. The fraction of sp³-hybridized carbons (Fsp3) is 0.559. The van der Waals surface area contributed by atoms with Gasteiger partial charge in [-0.2, -0.15) is 0 Å². The lowest BCUT2D eigenvalue weighted by molar-refractivity contribution is 0.189. The molecule has 3 heterocycles. The maximum atomic E-state index is 12.9. The second-order valence-corrected chi connectivity index (χ2v) is 11.4. The minimum absolute atomic E-state index is 0.117. The molecule has 1 aliphatic carbocycles. The summed E-state index contributed by atoms with van der Waals surface area (Å²) in [5, 5.41) is 9.12. The summed E-state index contributed by atoms with van der Waals surface area (Å²) in [7, 11) is 1.72. The zero-order chi connectivity index (χ0) is 29.9. The van der Waals surface area contributed by atoms with Crippen molar-refractivity contribution in [1.29, 1.82) is 0 Å². The van der Waals surface area contributed by atoms with Crippen molar-refractivity contribution in [3.8, 4) is 0 Å². The number of aromatic nitrogens is 2. The Hall–Kier alpha value is -3.03. The summed E-state index contributed by atoms with van der Waals surface area (Å²) in [6.07, 6.45) is 12.4. The summed E-state index contributed by atoms with van der Waals surface area (Å²) >= 11 is 0. The van der Waals surface area contributed by atoms with Crippen LogP contribution >= 0.6 is 0 Å². The molecule has 41 heavy (non-hydrogen) atoms. The average molecular weight is 562 g/mol. The normalized spacial score (nSPS) is 17.8. The predicted molar refractivity (Wildman–Crippen MR) is 173 cm³/mol. The van der Waals surface area contributed by atoms with E-state index in [0.717, 1.165) is 48.9 Å². The highest BCUT2D eigenvalue weighted by molar-refractivity contribution is 6.08. The van der Waals surface area contributed by atoms with Crippen LogP contribution < -0.4 is 10.5 Å². The second kappa shape index (κ2) is 15.8. The van der Waals surface area contributed by atoms with Crippen molar-refractivity contribution >= 4 is 17.0 Å². The van der Waals surface area contributed by atoms with Crippen LogP contribution in [0.25, 0.3) is 5.65 Å². The fourth-order valence-corrected chi connectivity index (χ4v) is 4.98. The molecule has 0 bridgehead atoms. The van der Waals surface area contributed by atoms with E-state index in [1.54, 1.807) is 23.1 Å². The van der Waals surface area contributed by atoms with Crippen LogP contribution in [-0.4, -0.2) is 71.5 Å². The molecule has 0 aromatic carbocycles. The largest absolute Gasteiger partial charge is 0.395 e. The monoisotopic (exact) mass is 561 g/mol. The highest BCUT2D eigenvalue weighted by Gasteiger charge is 2.25. The molecule has 7 heteroatoms. The molecule has 0 amide bonds. The first-order valence-electron chi connectivity index (χ1n) is 15.3. The molecule has 7 nitrogen and oxygen atoms in total. The smallest absolute Gasteiger partial charge is 0.258 e. The van der Waals surface area contributed by atoms with E-state index in [1.165, 1.54) is 32.1 Å². The number of aliphatic hydroxyl groups excluding tert-OH is 1. The summed E-state index contributed by atoms with van der Waals surface area (Å²) < 4.78 is 1.60. The molecule has 1 saturated carbocycles. The van der Waals surface area contributed by atoms with Gasteiger partial charge in [-0.05, 0) is 80.7 Å². The van der Waals surface area contributed by atoms with E-state index < -0.39 is 0 Å². The Kier molecular flexibility index (Phi) is 12.5. The van der Waals surface area contributed by atoms with Gasteiger partial charge in [0.05, 0.1) is 23.7 Å². The number of fused-ring (bicyclic) bond motifs is 1. The molecule has 1 aliphatic heterocycles. The van der Waals surface area contributed by atoms with Crippen molar-refractivity contribution < 1.29 is 5.11 Å². The van der Waals surface area contributed by atoms with Crippen LogP contribution in [0.4, 0.5) is 5.69 Å². The molecule has 0 radical (unpaired) electrons. The maximum absolute atomic E-state index is 12.9. The Morgan fingerprint density at radius 1 is 1.20 bits per heavy atom. The molecule has 2 aromatic rings. The summed E-state index contributed by atoms with van der Waals surface area (Å²) in [4.78, 5) is 26.5. The number of nitrogens with zero attached hydrogens (tertiary/aromatic N) is 5. The number of unbranched alkanes of at least 4 members (excludes halogenated alkanes) is 1. The molecular formula is C34H51N5O2. The Labute approximate surface area is 247 Å². The van der Waals surface area contributed by atoms with E-state index in [1.807, 2.05) is 31.3 Å². The number of anilines is 1. The van der Waals surface area contributed by atoms with Crippen molar-refractivity contribution in [3.05, 3.63) is 75.9 Å². The molecule has 4 rings (SSSR count). The standard InChI is InChI=1S/C24H31N5O2.C10H20/c1-17(18(2)19-4-5-19)14-21(25-3)22-15-24(31)29-16-20(6-7-23(29)26-22)28-10-8-27(9-11-28)12-13-30;1-5-7-8-10(4)9(3)6-2/h6-7,14-16,19,30H,2,4-5,8-13H2,1,3H3;8-9H,5-7H2,1-4H3/b17-14+,25-21?;10-8-. The fourth-order valence-electron chi connectivity index (χ4n) is 4.98. The van der Waals surface area contributed by atoms with E-state index in [9.17, 15) is 4.79 Å². The third kappa shape index (κ3) is 9.23. The molecule has 1 saturated heterocycles. The van der Waals surface area contributed by atoms with Gasteiger partial charge < -0.3 is 10.0 Å². The van der Waals surface area contributed by atoms with Crippen molar-refractivity contribution in [2.24, 2.45) is 16.8 Å². The van der Waals surface area contributed by atoms with Crippen molar-refractivity contribution in [2.75, 3.05) is 51.3 Å². The van der Waals surface area contributed by atoms with Gasteiger partial charge in [-0.1, -0.05) is 45.4 Å². The lowest BCUT2D eigenvalue weighted by Gasteiger charge is -2.35. The van der Waals surface area contributed by atoms with Gasteiger partial charge in [0.2, 0.25) is 0 Å². The number of pyridine rings is 1. The van der Waals surface area contributed by atoms with E-state index in [0.29, 0.717) is 29.5 Å². The number of hydrogen-bond donors (Lipinski definition) is 1. The van der Waals surface area contributed by atoms with E-state index in [2.05, 4.69) is 55.1 Å². The van der Waals surface area contributed by atoms with Gasteiger partial charge in [-0.3, -0.25) is 19.1 Å². The van der Waals surface area contributed by atoms with Gasteiger partial charge in [0.25, 0.3) is 5.56 Å². The Balaban J connectivity index is 0.000000397. The van der Waals surface area contributed by atoms with Crippen LogP contribution in [0.5, 0.6) is 0 Å². The Bertz CT molecular complexity index is 1310. The van der Waals surface area contributed by atoms with Crippen LogP contribution in [-0.2, 0) is 0 Å². The molecule has 2 aliphatic rings. The van der Waals surface area contributed by atoms with Crippen LogP contribution in [0.15, 0.2) is 69.6 Å². The first-order chi connectivity index (χ1) is 19.7. The number of aliphatic hydroxyl groups is 1. The van der Waals surface area contributed by atoms with Crippen LogP contribution in [0.1, 0.15) is 72.4 Å². The highest BCUT2D eigenvalue weighted by Crippen LogP contribution is 2.38. The van der Waals surface area contributed by atoms with E-state index in [4.69, 9.17) is 10.1 Å². The minimum Gasteiger partial charge on any atom is -0.395 e. The van der Waals surface area contributed by atoms with Crippen LogP contribution in [0, 0.1) is 11.8 Å². The molecule has 1 unspecified atom stereocenters. The summed E-state index contributed by atoms with van der Waals surface area (Å²) in [6, 6.07) is 5.47. The lowest BCUT2D eigenvalue weighted by atomic mass is 9.99. The molecular weight excluding hydrogens is 510 g/mol. The predicted octanol–water partition coefficient (Wildman–Crippen LogP) is 5.92. The summed E-state index contributed by atoms with van der Waals surface area (Å²) in [5.74, 6) is 1.38. The summed E-state index contributed by atoms with van der Waals surface area (Å²) in [6.45, 7) is 19.7. The number of allylic oxidation sites excluding steroid dienone is 5. The molecule has 0 spiro atoms. The average Bonchev–Trinajstić information content (AvgIpc) is 3.84. The quantitative estimate of drug-likeness (QED) is 0.209. The third-order valence-corrected chi connectivity index (χ3v) is 8.38. The topological polar surface area (TPSA) is 73.4 Å². The Morgan fingerprint density at radius 2 is 1.90 bits per heavy atom. The SMILES string of the molecule is C=C(/C(C)=C/C(=NC)c1cc(=O)n2cc(N3CCN(CCO)CC3)ccc2n1)C1CC1.CCC/C=C(/C)C(C)CC. The number of piperazine rings is 1. The van der Waals surface area contributed by atoms with E-state index in [-0.39, 0.29) is 12.2 Å². The summed E-state index contributed by atoms with van der Waals surface area (Å²) in [5.41, 5.74) is 6.59. The maximum Gasteiger partial charge on any atom is 0.258 e. The van der Waals surface area contributed by atoms with Crippen LogP contribution in [0.3, 0.4) is 0 Å². The van der Waals surface area contributed by atoms with Crippen molar-refractivity contribution in [3.63, 3.8) is 0 Å². The van der Waals surface area contributed by atoms with Gasteiger partial charge in [-0.15, -0.1) is 0 Å². The Morgan fingerprint density at radius 3 is 2.49 bits per heavy atom. The zero-order valence-corrected chi connectivity index (χ0v) is 26.2.